The van der Waals surface area contributed by atoms with Crippen LogP contribution in [0, 0.1) is 0 Å². The lowest BCUT2D eigenvalue weighted by molar-refractivity contribution is 0.104. The third-order valence-corrected chi connectivity index (χ3v) is 3.28. The number of aliphatic hydroxyl groups excluding tert-OH is 2. The average molecular weight is 216 g/mol. The van der Waals surface area contributed by atoms with Crippen LogP contribution in [0.3, 0.4) is 0 Å². The first-order chi connectivity index (χ1) is 7.29. The Hall–Kier alpha value is -0.160. The van der Waals surface area contributed by atoms with Gasteiger partial charge in [0, 0.05) is 25.2 Å². The third kappa shape index (κ3) is 4.07. The molecule has 1 aliphatic rings. The van der Waals surface area contributed by atoms with E-state index in [-0.39, 0.29) is 19.3 Å². The minimum absolute atomic E-state index is 0.142. The lowest BCUT2D eigenvalue weighted by atomic mass is 10.0. The van der Waals surface area contributed by atoms with E-state index < -0.39 is 0 Å². The minimum Gasteiger partial charge on any atom is -0.395 e. The highest BCUT2D eigenvalue weighted by molar-refractivity contribution is 4.84. The van der Waals surface area contributed by atoms with E-state index >= 15 is 0 Å². The number of hydrogen-bond acceptors (Lipinski definition) is 4. The summed E-state index contributed by atoms with van der Waals surface area (Å²) in [6, 6.07) is 0.539. The second-order valence-electron chi connectivity index (χ2n) is 4.35. The Morgan fingerprint density at radius 1 is 1.00 bits per heavy atom. The zero-order chi connectivity index (χ0) is 11.1. The van der Waals surface area contributed by atoms with Crippen molar-refractivity contribution >= 4 is 0 Å². The van der Waals surface area contributed by atoms with Gasteiger partial charge in [0.2, 0.25) is 0 Å². The second-order valence-corrected chi connectivity index (χ2v) is 4.35. The number of nitrogens with zero attached hydrogens (tertiary/aromatic N) is 1. The van der Waals surface area contributed by atoms with Gasteiger partial charge in [0.05, 0.1) is 13.2 Å². The summed E-state index contributed by atoms with van der Waals surface area (Å²) in [7, 11) is 0. The van der Waals surface area contributed by atoms with Gasteiger partial charge in [-0.3, -0.25) is 4.90 Å². The van der Waals surface area contributed by atoms with Crippen molar-refractivity contribution in [3.63, 3.8) is 0 Å². The molecule has 1 fully saturated rings. The van der Waals surface area contributed by atoms with Crippen LogP contribution in [0.25, 0.3) is 0 Å². The molecule has 4 nitrogen and oxygen atoms in total. The Kier molecular flexibility index (Phi) is 6.17. The largest absolute Gasteiger partial charge is 0.395 e. The molecule has 0 saturated heterocycles. The van der Waals surface area contributed by atoms with Gasteiger partial charge >= 0.3 is 0 Å². The fourth-order valence-corrected chi connectivity index (χ4v) is 2.47. The normalized spacial score (nSPS) is 28.0. The van der Waals surface area contributed by atoms with Gasteiger partial charge in [-0.15, -0.1) is 0 Å². The van der Waals surface area contributed by atoms with Crippen LogP contribution in [0.1, 0.15) is 32.1 Å². The summed E-state index contributed by atoms with van der Waals surface area (Å²) < 4.78 is 0. The van der Waals surface area contributed by atoms with Crippen LogP contribution in [0.4, 0.5) is 0 Å². The Balaban J connectivity index is 2.52. The molecule has 0 aromatic carbocycles. The standard InChI is InChI=1S/C11H24N2O2/c12-10-4-2-1-3-5-11(10)13(6-8-14)7-9-15/h10-11,14-15H,1-9,12H2. The van der Waals surface area contributed by atoms with Crippen molar-refractivity contribution in [2.45, 2.75) is 44.2 Å². The highest BCUT2D eigenvalue weighted by Crippen LogP contribution is 2.20. The first-order valence-electron chi connectivity index (χ1n) is 6.01. The van der Waals surface area contributed by atoms with Crippen molar-refractivity contribution in [2.24, 2.45) is 5.73 Å². The zero-order valence-electron chi connectivity index (χ0n) is 9.44. The predicted molar refractivity (Wildman–Crippen MR) is 60.6 cm³/mol. The number of rotatable bonds is 5. The fourth-order valence-electron chi connectivity index (χ4n) is 2.47. The van der Waals surface area contributed by atoms with Gasteiger partial charge in [0.15, 0.2) is 0 Å². The first-order valence-corrected chi connectivity index (χ1v) is 6.01. The van der Waals surface area contributed by atoms with Crippen LogP contribution < -0.4 is 5.73 Å². The zero-order valence-corrected chi connectivity index (χ0v) is 9.44. The summed E-state index contributed by atoms with van der Waals surface area (Å²) in [5.41, 5.74) is 6.14. The molecule has 0 radical (unpaired) electrons. The lowest BCUT2D eigenvalue weighted by Crippen LogP contribution is -2.49. The molecule has 15 heavy (non-hydrogen) atoms. The Morgan fingerprint density at radius 3 is 2.20 bits per heavy atom. The van der Waals surface area contributed by atoms with Gasteiger partial charge in [-0.1, -0.05) is 19.3 Å². The van der Waals surface area contributed by atoms with E-state index in [4.69, 9.17) is 15.9 Å². The van der Waals surface area contributed by atoms with E-state index in [1.165, 1.54) is 19.3 Å². The fraction of sp³-hybridized carbons (Fsp3) is 1.00. The van der Waals surface area contributed by atoms with Crippen LogP contribution in [0.5, 0.6) is 0 Å². The van der Waals surface area contributed by atoms with Gasteiger partial charge in [0.25, 0.3) is 0 Å². The summed E-state index contributed by atoms with van der Waals surface area (Å²) in [5.74, 6) is 0. The summed E-state index contributed by atoms with van der Waals surface area (Å²) in [6.07, 6.45) is 5.85. The molecule has 90 valence electrons. The van der Waals surface area contributed by atoms with E-state index in [1.54, 1.807) is 0 Å². The maximum atomic E-state index is 8.99. The molecule has 0 bridgehead atoms. The predicted octanol–water partition coefficient (Wildman–Crippen LogP) is -0.0670. The molecule has 4 N–H and O–H groups in total. The highest BCUT2D eigenvalue weighted by Gasteiger charge is 2.25. The van der Waals surface area contributed by atoms with Crippen molar-refractivity contribution in [3.8, 4) is 0 Å². The van der Waals surface area contributed by atoms with Crippen LogP contribution >= 0.6 is 0 Å². The monoisotopic (exact) mass is 216 g/mol. The van der Waals surface area contributed by atoms with Crippen LogP contribution in [-0.4, -0.2) is 53.5 Å². The molecule has 1 rings (SSSR count). The summed E-state index contributed by atoms with van der Waals surface area (Å²) in [6.45, 7) is 1.53. The molecule has 1 saturated carbocycles. The molecule has 0 heterocycles. The summed E-state index contributed by atoms with van der Waals surface area (Å²) >= 11 is 0. The maximum Gasteiger partial charge on any atom is 0.0558 e. The molecular formula is C11H24N2O2. The quantitative estimate of drug-likeness (QED) is 0.563. The molecule has 0 amide bonds. The van der Waals surface area contributed by atoms with Gasteiger partial charge in [-0.2, -0.15) is 0 Å². The third-order valence-electron chi connectivity index (χ3n) is 3.28. The molecule has 0 aromatic heterocycles. The number of nitrogens with two attached hydrogens (primary N) is 1. The van der Waals surface area contributed by atoms with E-state index in [0.717, 1.165) is 12.8 Å². The number of hydrogen-bond donors (Lipinski definition) is 3. The summed E-state index contributed by atoms with van der Waals surface area (Å²) in [4.78, 5) is 2.13. The smallest absolute Gasteiger partial charge is 0.0558 e. The van der Waals surface area contributed by atoms with Crippen molar-refractivity contribution < 1.29 is 10.2 Å². The second kappa shape index (κ2) is 7.17. The lowest BCUT2D eigenvalue weighted by Gasteiger charge is -2.33. The van der Waals surface area contributed by atoms with Crippen LogP contribution in [0.2, 0.25) is 0 Å². The Morgan fingerprint density at radius 2 is 1.60 bits per heavy atom. The molecule has 0 aliphatic heterocycles. The maximum absolute atomic E-state index is 8.99. The van der Waals surface area contributed by atoms with E-state index in [0.29, 0.717) is 19.1 Å². The first kappa shape index (κ1) is 12.9. The van der Waals surface area contributed by atoms with Crippen LogP contribution in [-0.2, 0) is 0 Å². The molecule has 4 heteroatoms. The molecular weight excluding hydrogens is 192 g/mol. The van der Waals surface area contributed by atoms with Gasteiger partial charge in [-0.25, -0.2) is 0 Å². The summed E-state index contributed by atoms with van der Waals surface area (Å²) in [5, 5.41) is 18.0. The Bertz CT molecular complexity index is 161. The molecule has 2 unspecified atom stereocenters. The highest BCUT2D eigenvalue weighted by atomic mass is 16.3. The topological polar surface area (TPSA) is 69.7 Å². The van der Waals surface area contributed by atoms with Gasteiger partial charge in [-0.05, 0) is 12.8 Å². The number of aliphatic hydroxyl groups is 2. The molecule has 1 aliphatic carbocycles. The van der Waals surface area contributed by atoms with E-state index in [9.17, 15) is 0 Å². The molecule has 2 atom stereocenters. The Labute approximate surface area is 92.1 Å². The van der Waals surface area contributed by atoms with Crippen molar-refractivity contribution in [2.75, 3.05) is 26.3 Å². The average Bonchev–Trinajstić information content (AvgIpc) is 2.43. The van der Waals surface area contributed by atoms with E-state index in [2.05, 4.69) is 4.90 Å². The van der Waals surface area contributed by atoms with Gasteiger partial charge < -0.3 is 15.9 Å². The SMILES string of the molecule is NC1CCCCCC1N(CCO)CCO. The van der Waals surface area contributed by atoms with Crippen LogP contribution in [0.15, 0.2) is 0 Å². The van der Waals surface area contributed by atoms with Gasteiger partial charge in [0.1, 0.15) is 0 Å². The minimum atomic E-state index is 0.142. The van der Waals surface area contributed by atoms with Crippen molar-refractivity contribution in [1.82, 2.24) is 4.90 Å². The molecule has 0 aromatic rings. The molecule has 0 spiro atoms. The van der Waals surface area contributed by atoms with Crippen molar-refractivity contribution in [3.05, 3.63) is 0 Å². The van der Waals surface area contributed by atoms with E-state index in [1.807, 2.05) is 0 Å². The van der Waals surface area contributed by atoms with Crippen molar-refractivity contribution in [1.29, 1.82) is 0 Å².